The number of esters is 1. The van der Waals surface area contributed by atoms with Crippen LogP contribution in [0.3, 0.4) is 0 Å². The molecule has 0 saturated carbocycles. The predicted molar refractivity (Wildman–Crippen MR) is 64.0 cm³/mol. The van der Waals surface area contributed by atoms with Gasteiger partial charge in [0.2, 0.25) is 0 Å². The van der Waals surface area contributed by atoms with E-state index in [0.29, 0.717) is 24.1 Å². The Morgan fingerprint density at radius 3 is 3.06 bits per heavy atom. The van der Waals surface area contributed by atoms with Gasteiger partial charge in [-0.3, -0.25) is 4.79 Å². The Balaban J connectivity index is 2.03. The number of anilines is 1. The highest BCUT2D eigenvalue weighted by atomic mass is 35.5. The third-order valence-corrected chi connectivity index (χ3v) is 3.01. The Morgan fingerprint density at radius 2 is 2.35 bits per heavy atom. The number of aromatic nitrogens is 2. The van der Waals surface area contributed by atoms with Crippen molar-refractivity contribution in [2.75, 3.05) is 24.6 Å². The van der Waals surface area contributed by atoms with Crippen molar-refractivity contribution in [1.29, 1.82) is 0 Å². The fraction of sp³-hybridized carbons (Fsp3) is 0.545. The molecule has 0 aliphatic carbocycles. The zero-order chi connectivity index (χ0) is 12.3. The second-order valence-electron chi connectivity index (χ2n) is 3.85. The average molecular weight is 256 g/mol. The summed E-state index contributed by atoms with van der Waals surface area (Å²) in [4.78, 5) is 21.7. The highest BCUT2D eigenvalue weighted by molar-refractivity contribution is 6.31. The monoisotopic (exact) mass is 255 g/mol. The van der Waals surface area contributed by atoms with Gasteiger partial charge in [0.15, 0.2) is 11.0 Å². The average Bonchev–Trinajstić information content (AvgIpc) is 2.79. The van der Waals surface area contributed by atoms with E-state index in [1.165, 1.54) is 0 Å². The number of carbonyl (C=O) groups is 1. The van der Waals surface area contributed by atoms with Crippen LogP contribution in [-0.4, -0.2) is 35.6 Å². The van der Waals surface area contributed by atoms with E-state index in [-0.39, 0.29) is 11.9 Å². The lowest BCUT2D eigenvalue weighted by Crippen LogP contribution is -2.25. The molecule has 5 nitrogen and oxygen atoms in total. The van der Waals surface area contributed by atoms with E-state index < -0.39 is 0 Å². The van der Waals surface area contributed by atoms with Crippen LogP contribution in [0.25, 0.3) is 0 Å². The lowest BCUT2D eigenvalue weighted by molar-refractivity contribution is -0.147. The molecule has 92 valence electrons. The minimum Gasteiger partial charge on any atom is -0.466 e. The van der Waals surface area contributed by atoms with Gasteiger partial charge in [0.25, 0.3) is 0 Å². The van der Waals surface area contributed by atoms with E-state index in [4.69, 9.17) is 16.3 Å². The van der Waals surface area contributed by atoms with Gasteiger partial charge in [-0.05, 0) is 13.3 Å². The largest absolute Gasteiger partial charge is 0.466 e. The molecule has 1 aromatic heterocycles. The Kier molecular flexibility index (Phi) is 3.78. The van der Waals surface area contributed by atoms with Crippen molar-refractivity contribution in [3.63, 3.8) is 0 Å². The molecule has 1 aliphatic heterocycles. The van der Waals surface area contributed by atoms with Crippen LogP contribution < -0.4 is 4.90 Å². The fourth-order valence-electron chi connectivity index (χ4n) is 1.93. The van der Waals surface area contributed by atoms with Gasteiger partial charge in [0.05, 0.1) is 12.5 Å². The minimum atomic E-state index is -0.144. The number of ether oxygens (including phenoxy) is 1. The molecule has 1 aromatic rings. The molecule has 2 rings (SSSR count). The Bertz CT molecular complexity index is 413. The van der Waals surface area contributed by atoms with E-state index in [1.54, 1.807) is 12.4 Å². The molecule has 6 heteroatoms. The lowest BCUT2D eigenvalue weighted by Gasteiger charge is -2.17. The molecule has 1 fully saturated rings. The molecule has 0 amide bonds. The Morgan fingerprint density at radius 1 is 1.59 bits per heavy atom. The summed E-state index contributed by atoms with van der Waals surface area (Å²) in [6, 6.07) is 0. The summed E-state index contributed by atoms with van der Waals surface area (Å²) in [5, 5.41) is 0.372. The normalized spacial score (nSPS) is 19.4. The molecule has 17 heavy (non-hydrogen) atoms. The van der Waals surface area contributed by atoms with Gasteiger partial charge in [-0.15, -0.1) is 0 Å². The van der Waals surface area contributed by atoms with Crippen LogP contribution in [0.4, 0.5) is 5.82 Å². The van der Waals surface area contributed by atoms with E-state index in [0.717, 1.165) is 13.0 Å². The van der Waals surface area contributed by atoms with Crippen LogP contribution >= 0.6 is 11.6 Å². The van der Waals surface area contributed by atoms with E-state index in [1.807, 2.05) is 11.8 Å². The van der Waals surface area contributed by atoms with Crippen molar-refractivity contribution < 1.29 is 9.53 Å². The Labute approximate surface area is 105 Å². The molecule has 0 radical (unpaired) electrons. The summed E-state index contributed by atoms with van der Waals surface area (Å²) in [7, 11) is 0. The SMILES string of the molecule is CCOC(=O)[C@@H]1CCN(c2nccnc2Cl)C1. The zero-order valence-electron chi connectivity index (χ0n) is 9.60. The van der Waals surface area contributed by atoms with Gasteiger partial charge < -0.3 is 9.64 Å². The van der Waals surface area contributed by atoms with Gasteiger partial charge in [-0.25, -0.2) is 9.97 Å². The smallest absolute Gasteiger partial charge is 0.310 e. The highest BCUT2D eigenvalue weighted by Gasteiger charge is 2.31. The second kappa shape index (κ2) is 5.31. The summed E-state index contributed by atoms with van der Waals surface area (Å²) in [5.41, 5.74) is 0. The van der Waals surface area contributed by atoms with Crippen molar-refractivity contribution in [2.45, 2.75) is 13.3 Å². The topological polar surface area (TPSA) is 55.3 Å². The van der Waals surface area contributed by atoms with Crippen molar-refractivity contribution in [3.05, 3.63) is 17.5 Å². The maximum absolute atomic E-state index is 11.6. The molecule has 0 aromatic carbocycles. The maximum atomic E-state index is 11.6. The third-order valence-electron chi connectivity index (χ3n) is 2.74. The zero-order valence-corrected chi connectivity index (χ0v) is 10.4. The first-order valence-corrected chi connectivity index (χ1v) is 5.98. The second-order valence-corrected chi connectivity index (χ2v) is 4.21. The van der Waals surface area contributed by atoms with E-state index >= 15 is 0 Å². The number of halogens is 1. The molecule has 1 aliphatic rings. The summed E-state index contributed by atoms with van der Waals surface area (Å²) in [6.45, 7) is 3.57. The highest BCUT2D eigenvalue weighted by Crippen LogP contribution is 2.27. The van der Waals surface area contributed by atoms with Crippen LogP contribution in [-0.2, 0) is 9.53 Å². The van der Waals surface area contributed by atoms with Crippen molar-refractivity contribution in [2.24, 2.45) is 5.92 Å². The van der Waals surface area contributed by atoms with Crippen LogP contribution in [0.2, 0.25) is 5.15 Å². The number of carbonyl (C=O) groups excluding carboxylic acids is 1. The van der Waals surface area contributed by atoms with Crippen molar-refractivity contribution in [3.8, 4) is 0 Å². The third kappa shape index (κ3) is 2.66. The van der Waals surface area contributed by atoms with Crippen LogP contribution in [0, 0.1) is 5.92 Å². The quantitative estimate of drug-likeness (QED) is 0.767. The first-order valence-electron chi connectivity index (χ1n) is 5.60. The van der Waals surface area contributed by atoms with Gasteiger partial charge in [-0.2, -0.15) is 0 Å². The Hall–Kier alpha value is -1.36. The van der Waals surface area contributed by atoms with E-state index in [2.05, 4.69) is 9.97 Å². The summed E-state index contributed by atoms with van der Waals surface area (Å²) < 4.78 is 5.01. The number of hydrogen-bond acceptors (Lipinski definition) is 5. The molecule has 0 bridgehead atoms. The lowest BCUT2D eigenvalue weighted by atomic mass is 10.1. The predicted octanol–water partition coefficient (Wildman–Crippen LogP) is 1.52. The van der Waals surface area contributed by atoms with E-state index in [9.17, 15) is 4.79 Å². The molecule has 0 N–H and O–H groups in total. The minimum absolute atomic E-state index is 0.0898. The van der Waals surface area contributed by atoms with Crippen LogP contribution in [0.15, 0.2) is 12.4 Å². The molecule has 1 atom stereocenters. The standard InChI is InChI=1S/C11H14ClN3O2/c1-2-17-11(16)8-3-6-15(7-8)10-9(12)13-4-5-14-10/h4-5,8H,2-3,6-7H2,1H3/t8-/m1/s1. The van der Waals surface area contributed by atoms with Gasteiger partial charge in [-0.1, -0.05) is 11.6 Å². The molecular weight excluding hydrogens is 242 g/mol. The molecule has 0 spiro atoms. The van der Waals surface area contributed by atoms with Crippen molar-refractivity contribution >= 4 is 23.4 Å². The van der Waals surface area contributed by atoms with Crippen LogP contribution in [0.5, 0.6) is 0 Å². The first-order chi connectivity index (χ1) is 8.22. The summed E-state index contributed by atoms with van der Waals surface area (Å²) in [6.07, 6.45) is 3.91. The first kappa shape index (κ1) is 12.1. The van der Waals surface area contributed by atoms with Crippen molar-refractivity contribution in [1.82, 2.24) is 9.97 Å². The number of nitrogens with zero attached hydrogens (tertiary/aromatic N) is 3. The molecule has 0 unspecified atom stereocenters. The molecular formula is C11H14ClN3O2. The van der Waals surface area contributed by atoms with Crippen LogP contribution in [0.1, 0.15) is 13.3 Å². The fourth-order valence-corrected chi connectivity index (χ4v) is 2.16. The van der Waals surface area contributed by atoms with Gasteiger partial charge in [0.1, 0.15) is 0 Å². The number of rotatable bonds is 3. The summed E-state index contributed by atoms with van der Waals surface area (Å²) >= 11 is 5.96. The molecule has 1 saturated heterocycles. The van der Waals surface area contributed by atoms with Gasteiger partial charge in [0, 0.05) is 25.5 Å². The molecule has 2 heterocycles. The summed E-state index contributed by atoms with van der Waals surface area (Å²) in [5.74, 6) is 0.406. The maximum Gasteiger partial charge on any atom is 0.310 e. The van der Waals surface area contributed by atoms with Gasteiger partial charge >= 0.3 is 5.97 Å². The number of hydrogen-bond donors (Lipinski definition) is 0.